The lowest BCUT2D eigenvalue weighted by atomic mass is 9.48. The molecule has 5 rings (SSSR count). The molecule has 0 bridgehead atoms. The maximum Gasteiger partial charge on any atom is 0.348 e. The summed E-state index contributed by atoms with van der Waals surface area (Å²) in [7, 11) is 0. The van der Waals surface area contributed by atoms with Crippen LogP contribution in [0.5, 0.6) is 5.75 Å². The summed E-state index contributed by atoms with van der Waals surface area (Å²) >= 11 is 0. The Labute approximate surface area is 195 Å². The third-order valence-corrected chi connectivity index (χ3v) is 9.56. The normalized spacial score (nSPS) is 39.6. The number of nitrogens with zero attached hydrogens (tertiary/aromatic N) is 2. The summed E-state index contributed by atoms with van der Waals surface area (Å²) in [5, 5.41) is 29.5. The van der Waals surface area contributed by atoms with Gasteiger partial charge < -0.3 is 14.6 Å². The van der Waals surface area contributed by atoms with E-state index in [1.54, 1.807) is 13.8 Å². The first kappa shape index (κ1) is 22.6. The molecule has 6 heteroatoms. The van der Waals surface area contributed by atoms with Crippen molar-refractivity contribution < 1.29 is 14.6 Å². The van der Waals surface area contributed by atoms with Crippen LogP contribution in [0.1, 0.15) is 83.5 Å². The van der Waals surface area contributed by atoms with Crippen LogP contribution in [0, 0.1) is 35.5 Å². The average molecular weight is 453 g/mol. The SMILES string of the molecule is C/C(=N\N=C1/CCC2C3CC=C4CC(O)CCC4(C)C3CCC12C)c1c(O)cc(C)oc1=O. The number of hydrogen-bond donors (Lipinski definition) is 2. The predicted octanol–water partition coefficient (Wildman–Crippen LogP) is 5.14. The van der Waals surface area contributed by atoms with Gasteiger partial charge in [0.05, 0.1) is 11.8 Å². The molecule has 6 nitrogen and oxygen atoms in total. The Morgan fingerprint density at radius 3 is 2.64 bits per heavy atom. The molecule has 2 N–H and O–H groups in total. The first-order valence-electron chi connectivity index (χ1n) is 12.5. The van der Waals surface area contributed by atoms with Crippen molar-refractivity contribution in [2.24, 2.45) is 38.8 Å². The van der Waals surface area contributed by atoms with Gasteiger partial charge >= 0.3 is 5.63 Å². The van der Waals surface area contributed by atoms with Gasteiger partial charge in [0.2, 0.25) is 0 Å². The molecule has 6 atom stereocenters. The summed E-state index contributed by atoms with van der Waals surface area (Å²) in [6.45, 7) is 8.13. The van der Waals surface area contributed by atoms with Crippen molar-refractivity contribution in [3.05, 3.63) is 39.5 Å². The molecule has 178 valence electrons. The lowest BCUT2D eigenvalue weighted by molar-refractivity contribution is -0.0209. The molecule has 6 unspecified atom stereocenters. The van der Waals surface area contributed by atoms with E-state index in [9.17, 15) is 15.0 Å². The molecular formula is C27H36N2O4. The Balaban J connectivity index is 1.42. The lowest BCUT2D eigenvalue weighted by Crippen LogP contribution is -2.50. The zero-order chi connectivity index (χ0) is 23.5. The Kier molecular flexibility index (Phi) is 5.43. The van der Waals surface area contributed by atoms with Crippen molar-refractivity contribution in [3.63, 3.8) is 0 Å². The number of rotatable bonds is 2. The average Bonchev–Trinajstić information content (AvgIpc) is 3.08. The van der Waals surface area contributed by atoms with Crippen LogP contribution in [0.4, 0.5) is 0 Å². The van der Waals surface area contributed by atoms with Gasteiger partial charge in [-0.15, -0.1) is 0 Å². The lowest BCUT2D eigenvalue weighted by Gasteiger charge is -2.57. The van der Waals surface area contributed by atoms with E-state index in [-0.39, 0.29) is 28.2 Å². The third kappa shape index (κ3) is 3.52. The largest absolute Gasteiger partial charge is 0.507 e. The predicted molar refractivity (Wildman–Crippen MR) is 129 cm³/mol. The topological polar surface area (TPSA) is 95.4 Å². The molecule has 0 amide bonds. The van der Waals surface area contributed by atoms with Gasteiger partial charge in [-0.2, -0.15) is 10.2 Å². The van der Waals surface area contributed by atoms with Crippen LogP contribution < -0.4 is 5.63 Å². The van der Waals surface area contributed by atoms with E-state index >= 15 is 0 Å². The van der Waals surface area contributed by atoms with E-state index in [0.29, 0.717) is 29.2 Å². The molecule has 33 heavy (non-hydrogen) atoms. The number of aryl methyl sites for hydroxylation is 1. The summed E-state index contributed by atoms with van der Waals surface area (Å²) < 4.78 is 5.14. The summed E-state index contributed by atoms with van der Waals surface area (Å²) in [5.74, 6) is 2.18. The van der Waals surface area contributed by atoms with Crippen LogP contribution >= 0.6 is 0 Å². The number of fused-ring (bicyclic) bond motifs is 5. The minimum absolute atomic E-state index is 0.0286. The molecule has 3 fully saturated rings. The molecule has 1 aromatic heterocycles. The van der Waals surface area contributed by atoms with Crippen LogP contribution in [0.15, 0.2) is 37.1 Å². The van der Waals surface area contributed by atoms with Gasteiger partial charge in [0, 0.05) is 17.2 Å². The van der Waals surface area contributed by atoms with E-state index in [0.717, 1.165) is 50.7 Å². The summed E-state index contributed by atoms with van der Waals surface area (Å²) in [4.78, 5) is 12.2. The molecule has 0 aromatic carbocycles. The number of aliphatic hydroxyl groups excluding tert-OH is 1. The van der Waals surface area contributed by atoms with Gasteiger partial charge in [0.15, 0.2) is 0 Å². The van der Waals surface area contributed by atoms with Crippen molar-refractivity contribution in [1.82, 2.24) is 0 Å². The Bertz CT molecular complexity index is 1120. The van der Waals surface area contributed by atoms with Gasteiger partial charge in [0.1, 0.15) is 17.1 Å². The highest BCUT2D eigenvalue weighted by Crippen LogP contribution is 2.64. The van der Waals surface area contributed by atoms with E-state index in [2.05, 4.69) is 30.1 Å². The van der Waals surface area contributed by atoms with E-state index in [4.69, 9.17) is 4.42 Å². The van der Waals surface area contributed by atoms with Crippen molar-refractivity contribution in [2.45, 2.75) is 85.2 Å². The van der Waals surface area contributed by atoms with Crippen LogP contribution in [0.3, 0.4) is 0 Å². The summed E-state index contributed by atoms with van der Waals surface area (Å²) in [6.07, 6.45) is 10.6. The molecule has 0 saturated heterocycles. The van der Waals surface area contributed by atoms with Gasteiger partial charge in [-0.3, -0.25) is 0 Å². The van der Waals surface area contributed by atoms with Gasteiger partial charge in [-0.1, -0.05) is 25.5 Å². The highest BCUT2D eigenvalue weighted by Gasteiger charge is 2.57. The highest BCUT2D eigenvalue weighted by molar-refractivity contribution is 6.01. The second-order valence-electron chi connectivity index (χ2n) is 11.3. The van der Waals surface area contributed by atoms with Gasteiger partial charge in [-0.25, -0.2) is 4.79 Å². The molecule has 1 aromatic rings. The molecule has 4 aliphatic carbocycles. The monoisotopic (exact) mass is 452 g/mol. The fourth-order valence-electron chi connectivity index (χ4n) is 7.71. The molecule has 0 radical (unpaired) electrons. The van der Waals surface area contributed by atoms with Crippen molar-refractivity contribution >= 4 is 11.4 Å². The first-order valence-corrected chi connectivity index (χ1v) is 12.5. The number of allylic oxidation sites excluding steroid dienone is 1. The molecule has 3 saturated carbocycles. The van der Waals surface area contributed by atoms with Crippen LogP contribution in [0.25, 0.3) is 0 Å². The summed E-state index contributed by atoms with van der Waals surface area (Å²) in [6, 6.07) is 1.44. The Morgan fingerprint density at radius 2 is 1.88 bits per heavy atom. The second-order valence-corrected chi connectivity index (χ2v) is 11.3. The number of aromatic hydroxyl groups is 1. The minimum atomic E-state index is -0.583. The molecule has 4 aliphatic rings. The smallest absolute Gasteiger partial charge is 0.348 e. The molecule has 1 heterocycles. The van der Waals surface area contributed by atoms with Gasteiger partial charge in [-0.05, 0) is 88.4 Å². The standard InChI is InChI=1S/C27H36N2O4/c1-15-13-22(31)24(25(32)33-15)16(2)28-29-23-8-7-20-19-6-5-17-14-18(30)9-11-26(17,3)21(19)10-12-27(20,23)4/h5,13,18-21,30-31H,6-12,14H2,1-4H3/b28-16+,29-23+. The molecule has 0 aliphatic heterocycles. The fourth-order valence-corrected chi connectivity index (χ4v) is 7.71. The number of aliphatic hydroxyl groups is 1. The van der Waals surface area contributed by atoms with Crippen LogP contribution in [-0.4, -0.2) is 27.7 Å². The zero-order valence-corrected chi connectivity index (χ0v) is 20.2. The fraction of sp³-hybridized carbons (Fsp3) is 0.667. The van der Waals surface area contributed by atoms with E-state index < -0.39 is 5.63 Å². The van der Waals surface area contributed by atoms with E-state index in [1.165, 1.54) is 18.1 Å². The highest BCUT2D eigenvalue weighted by atomic mass is 16.4. The quantitative estimate of drug-likeness (QED) is 0.369. The maximum atomic E-state index is 12.2. The summed E-state index contributed by atoms with van der Waals surface area (Å²) in [5.41, 5.74) is 2.77. The Morgan fingerprint density at radius 1 is 1.15 bits per heavy atom. The van der Waals surface area contributed by atoms with Crippen LogP contribution in [0.2, 0.25) is 0 Å². The van der Waals surface area contributed by atoms with E-state index in [1.807, 2.05) is 0 Å². The number of hydrogen-bond acceptors (Lipinski definition) is 6. The van der Waals surface area contributed by atoms with Crippen molar-refractivity contribution in [3.8, 4) is 5.75 Å². The van der Waals surface area contributed by atoms with Crippen LogP contribution in [-0.2, 0) is 0 Å². The van der Waals surface area contributed by atoms with Crippen molar-refractivity contribution in [1.29, 1.82) is 0 Å². The maximum absolute atomic E-state index is 12.2. The molecular weight excluding hydrogens is 416 g/mol. The minimum Gasteiger partial charge on any atom is -0.507 e. The third-order valence-electron chi connectivity index (χ3n) is 9.56. The van der Waals surface area contributed by atoms with Gasteiger partial charge in [0.25, 0.3) is 0 Å². The van der Waals surface area contributed by atoms with Crippen molar-refractivity contribution in [2.75, 3.05) is 0 Å². The first-order chi connectivity index (χ1) is 15.6. The molecule has 0 spiro atoms. The zero-order valence-electron chi connectivity index (χ0n) is 20.2. The Hall–Kier alpha value is -2.21. The second kappa shape index (κ2) is 7.93.